The maximum Gasteiger partial charge on any atom is 0.130 e. The summed E-state index contributed by atoms with van der Waals surface area (Å²) in [5, 5.41) is 0. The molecule has 1 heteroatoms. The van der Waals surface area contributed by atoms with Gasteiger partial charge in [0.1, 0.15) is 5.78 Å². The summed E-state index contributed by atoms with van der Waals surface area (Å²) in [7, 11) is 0. The molecule has 0 N–H and O–H groups in total. The lowest BCUT2D eigenvalue weighted by atomic mass is 9.71. The fourth-order valence-corrected chi connectivity index (χ4v) is 2.49. The lowest BCUT2D eigenvalue weighted by Crippen LogP contribution is -2.26. The predicted octanol–water partition coefficient (Wildman–Crippen LogP) is 3.04. The van der Waals surface area contributed by atoms with Crippen LogP contribution in [0.25, 0.3) is 0 Å². The molecule has 12 heavy (non-hydrogen) atoms. The fraction of sp³-hybridized carbons (Fsp3) is 0.909. The van der Waals surface area contributed by atoms with Gasteiger partial charge in [0.05, 0.1) is 0 Å². The molecule has 0 radical (unpaired) electrons. The lowest BCUT2D eigenvalue weighted by Gasteiger charge is -2.33. The van der Waals surface area contributed by atoms with Gasteiger partial charge in [0.2, 0.25) is 0 Å². The van der Waals surface area contributed by atoms with Crippen LogP contribution in [-0.2, 0) is 4.79 Å². The van der Waals surface area contributed by atoms with Gasteiger partial charge in [-0.15, -0.1) is 0 Å². The van der Waals surface area contributed by atoms with E-state index in [9.17, 15) is 4.79 Å². The van der Waals surface area contributed by atoms with Gasteiger partial charge in [0.15, 0.2) is 0 Å². The van der Waals surface area contributed by atoms with Crippen LogP contribution < -0.4 is 0 Å². The number of carbonyl (C=O) groups excluding carboxylic acids is 1. The Morgan fingerprint density at radius 3 is 2.17 bits per heavy atom. The SMILES string of the molecule is CC(=O)CC1C(C)CCCC1C. The van der Waals surface area contributed by atoms with Gasteiger partial charge in [-0.1, -0.05) is 33.1 Å². The molecule has 0 amide bonds. The van der Waals surface area contributed by atoms with E-state index in [1.54, 1.807) is 6.92 Å². The second-order valence-corrected chi connectivity index (χ2v) is 4.46. The Bertz CT molecular complexity index is 152. The summed E-state index contributed by atoms with van der Waals surface area (Å²) in [6.07, 6.45) is 4.81. The second kappa shape index (κ2) is 4.06. The first kappa shape index (κ1) is 9.76. The zero-order valence-electron chi connectivity index (χ0n) is 8.47. The molecule has 0 aromatic heterocycles. The molecular formula is C11H20O. The maximum atomic E-state index is 11.0. The summed E-state index contributed by atoms with van der Waals surface area (Å²) >= 11 is 0. The monoisotopic (exact) mass is 168 g/mol. The highest BCUT2D eigenvalue weighted by Gasteiger charge is 2.28. The molecule has 1 rings (SSSR count). The van der Waals surface area contributed by atoms with Crippen LogP contribution in [0.15, 0.2) is 0 Å². The molecule has 0 saturated heterocycles. The van der Waals surface area contributed by atoms with Gasteiger partial charge in [-0.05, 0) is 24.7 Å². The van der Waals surface area contributed by atoms with Gasteiger partial charge in [0.25, 0.3) is 0 Å². The average Bonchev–Trinajstić information content (AvgIpc) is 1.97. The van der Waals surface area contributed by atoms with Crippen LogP contribution in [0.2, 0.25) is 0 Å². The first-order chi connectivity index (χ1) is 5.61. The third-order valence-electron chi connectivity index (χ3n) is 3.30. The van der Waals surface area contributed by atoms with Crippen LogP contribution in [0.3, 0.4) is 0 Å². The minimum Gasteiger partial charge on any atom is -0.300 e. The normalized spacial score (nSPS) is 36.4. The van der Waals surface area contributed by atoms with E-state index in [0.29, 0.717) is 11.7 Å². The molecule has 1 nitrogen and oxygen atoms in total. The number of ketones is 1. The van der Waals surface area contributed by atoms with Crippen molar-refractivity contribution in [1.82, 2.24) is 0 Å². The van der Waals surface area contributed by atoms with Gasteiger partial charge in [-0.25, -0.2) is 0 Å². The molecule has 0 aromatic carbocycles. The van der Waals surface area contributed by atoms with Gasteiger partial charge in [-0.3, -0.25) is 0 Å². The maximum absolute atomic E-state index is 11.0. The minimum absolute atomic E-state index is 0.362. The van der Waals surface area contributed by atoms with Crippen LogP contribution >= 0.6 is 0 Å². The van der Waals surface area contributed by atoms with Crippen molar-refractivity contribution < 1.29 is 4.79 Å². The average molecular weight is 168 g/mol. The molecule has 2 atom stereocenters. The molecule has 1 saturated carbocycles. The molecule has 0 aliphatic heterocycles. The van der Waals surface area contributed by atoms with Crippen molar-refractivity contribution >= 4 is 5.78 Å². The topological polar surface area (TPSA) is 17.1 Å². The van der Waals surface area contributed by atoms with Crippen molar-refractivity contribution in [2.75, 3.05) is 0 Å². The third kappa shape index (κ3) is 2.33. The van der Waals surface area contributed by atoms with E-state index in [2.05, 4.69) is 13.8 Å². The first-order valence-electron chi connectivity index (χ1n) is 5.10. The van der Waals surface area contributed by atoms with E-state index in [-0.39, 0.29) is 0 Å². The highest BCUT2D eigenvalue weighted by atomic mass is 16.1. The van der Waals surface area contributed by atoms with E-state index in [1.165, 1.54) is 19.3 Å². The predicted molar refractivity (Wildman–Crippen MR) is 51.0 cm³/mol. The number of hydrogen-bond acceptors (Lipinski definition) is 1. The van der Waals surface area contributed by atoms with Crippen molar-refractivity contribution in [3.05, 3.63) is 0 Å². The third-order valence-corrected chi connectivity index (χ3v) is 3.30. The standard InChI is InChI=1S/C11H20O/c1-8-5-4-6-9(2)11(8)7-10(3)12/h8-9,11H,4-7H2,1-3H3. The fourth-order valence-electron chi connectivity index (χ4n) is 2.49. The largest absolute Gasteiger partial charge is 0.300 e. The highest BCUT2D eigenvalue weighted by molar-refractivity contribution is 5.75. The Labute approximate surface area is 75.5 Å². The van der Waals surface area contributed by atoms with Gasteiger partial charge < -0.3 is 4.79 Å². The molecule has 0 heterocycles. The van der Waals surface area contributed by atoms with Crippen LogP contribution in [0, 0.1) is 17.8 Å². The van der Waals surface area contributed by atoms with E-state index >= 15 is 0 Å². The Morgan fingerprint density at radius 2 is 1.75 bits per heavy atom. The minimum atomic E-state index is 0.362. The Balaban J connectivity index is 2.50. The Hall–Kier alpha value is -0.330. The van der Waals surface area contributed by atoms with Crippen molar-refractivity contribution in [2.45, 2.75) is 46.5 Å². The molecule has 0 bridgehead atoms. The zero-order chi connectivity index (χ0) is 9.14. The van der Waals surface area contributed by atoms with E-state index in [1.807, 2.05) is 0 Å². The number of hydrogen-bond donors (Lipinski definition) is 0. The Morgan fingerprint density at radius 1 is 1.25 bits per heavy atom. The molecular weight excluding hydrogens is 148 g/mol. The van der Waals surface area contributed by atoms with Crippen molar-refractivity contribution in [1.29, 1.82) is 0 Å². The molecule has 0 spiro atoms. The summed E-state index contributed by atoms with van der Waals surface area (Å²) in [4.78, 5) is 11.0. The molecule has 70 valence electrons. The van der Waals surface area contributed by atoms with E-state index in [4.69, 9.17) is 0 Å². The zero-order valence-corrected chi connectivity index (χ0v) is 8.47. The van der Waals surface area contributed by atoms with E-state index in [0.717, 1.165) is 18.3 Å². The number of rotatable bonds is 2. The summed E-state index contributed by atoms with van der Waals surface area (Å²) < 4.78 is 0. The molecule has 0 aromatic rings. The number of carbonyl (C=O) groups is 1. The summed E-state index contributed by atoms with van der Waals surface area (Å²) in [6.45, 7) is 6.31. The highest BCUT2D eigenvalue weighted by Crippen LogP contribution is 2.36. The Kier molecular flexibility index (Phi) is 3.30. The number of Topliss-reactive ketones (excluding diaryl/α,β-unsaturated/α-hetero) is 1. The van der Waals surface area contributed by atoms with Crippen LogP contribution in [0.1, 0.15) is 46.5 Å². The molecule has 1 fully saturated rings. The summed E-state index contributed by atoms with van der Waals surface area (Å²) in [5.74, 6) is 2.55. The van der Waals surface area contributed by atoms with Crippen molar-refractivity contribution in [3.63, 3.8) is 0 Å². The quantitative estimate of drug-likeness (QED) is 0.619. The second-order valence-electron chi connectivity index (χ2n) is 4.46. The van der Waals surface area contributed by atoms with Gasteiger partial charge >= 0.3 is 0 Å². The molecule has 2 unspecified atom stereocenters. The van der Waals surface area contributed by atoms with E-state index < -0.39 is 0 Å². The van der Waals surface area contributed by atoms with Crippen LogP contribution in [0.5, 0.6) is 0 Å². The lowest BCUT2D eigenvalue weighted by molar-refractivity contribution is -0.119. The van der Waals surface area contributed by atoms with Crippen molar-refractivity contribution in [3.8, 4) is 0 Å². The van der Waals surface area contributed by atoms with Gasteiger partial charge in [-0.2, -0.15) is 0 Å². The van der Waals surface area contributed by atoms with Gasteiger partial charge in [0, 0.05) is 6.42 Å². The summed E-state index contributed by atoms with van der Waals surface area (Å²) in [6, 6.07) is 0. The summed E-state index contributed by atoms with van der Waals surface area (Å²) in [5.41, 5.74) is 0. The smallest absolute Gasteiger partial charge is 0.130 e. The van der Waals surface area contributed by atoms with Crippen LogP contribution in [-0.4, -0.2) is 5.78 Å². The molecule has 1 aliphatic rings. The van der Waals surface area contributed by atoms with Crippen LogP contribution in [0.4, 0.5) is 0 Å². The van der Waals surface area contributed by atoms with Crippen molar-refractivity contribution in [2.24, 2.45) is 17.8 Å². The first-order valence-corrected chi connectivity index (χ1v) is 5.10. The molecule has 1 aliphatic carbocycles.